The molecule has 1 saturated heterocycles. The van der Waals surface area contributed by atoms with Crippen molar-refractivity contribution < 1.29 is 19.4 Å². The number of likely N-dealkylation sites (N-methyl/N-ethyl adjacent to an activating group) is 1. The average Bonchev–Trinajstić information content (AvgIpc) is 2.73. The molecule has 2 N–H and O–H groups in total. The van der Waals surface area contributed by atoms with Gasteiger partial charge in [-0.1, -0.05) is 13.8 Å². The van der Waals surface area contributed by atoms with Crippen molar-refractivity contribution in [2.75, 3.05) is 26.8 Å². The number of hydrogen-bond acceptors (Lipinski definition) is 3. The van der Waals surface area contributed by atoms with Crippen molar-refractivity contribution in [2.45, 2.75) is 19.9 Å². The number of urea groups is 1. The van der Waals surface area contributed by atoms with E-state index in [4.69, 9.17) is 9.84 Å². The molecule has 1 aliphatic heterocycles. The van der Waals surface area contributed by atoms with Gasteiger partial charge in [0.2, 0.25) is 0 Å². The molecule has 1 fully saturated rings. The summed E-state index contributed by atoms with van der Waals surface area (Å²) < 4.78 is 5.13. The summed E-state index contributed by atoms with van der Waals surface area (Å²) in [7, 11) is 1.60. The van der Waals surface area contributed by atoms with E-state index in [1.807, 2.05) is 13.8 Å². The van der Waals surface area contributed by atoms with Crippen molar-refractivity contribution in [3.63, 3.8) is 0 Å². The lowest BCUT2D eigenvalue weighted by Crippen LogP contribution is -2.49. The van der Waals surface area contributed by atoms with Gasteiger partial charge in [-0.2, -0.15) is 0 Å². The van der Waals surface area contributed by atoms with Crippen LogP contribution in [0, 0.1) is 11.8 Å². The molecule has 0 aromatic carbocycles. The van der Waals surface area contributed by atoms with Crippen LogP contribution in [0.4, 0.5) is 4.79 Å². The van der Waals surface area contributed by atoms with Crippen LogP contribution in [0.25, 0.3) is 0 Å². The molecular formula is C11H20N2O4. The Morgan fingerprint density at radius 3 is 2.65 bits per heavy atom. The Labute approximate surface area is 101 Å². The van der Waals surface area contributed by atoms with E-state index in [-0.39, 0.29) is 25.3 Å². The first-order valence-electron chi connectivity index (χ1n) is 5.74. The maximum atomic E-state index is 11.8. The van der Waals surface area contributed by atoms with Gasteiger partial charge in [0.05, 0.1) is 19.3 Å². The Bertz CT molecular complexity index is 293. The number of aliphatic carboxylic acids is 1. The van der Waals surface area contributed by atoms with E-state index in [9.17, 15) is 9.59 Å². The summed E-state index contributed by atoms with van der Waals surface area (Å²) in [5.74, 6) is -1.19. The highest BCUT2D eigenvalue weighted by molar-refractivity contribution is 5.77. The molecule has 0 aromatic heterocycles. The molecule has 17 heavy (non-hydrogen) atoms. The van der Waals surface area contributed by atoms with Gasteiger partial charge in [-0.25, -0.2) is 4.79 Å². The Kier molecular flexibility index (Phi) is 4.74. The van der Waals surface area contributed by atoms with E-state index in [1.54, 1.807) is 7.05 Å². The molecular weight excluding hydrogens is 224 g/mol. The first-order valence-corrected chi connectivity index (χ1v) is 5.74. The van der Waals surface area contributed by atoms with Gasteiger partial charge in [-0.05, 0) is 5.92 Å². The van der Waals surface area contributed by atoms with Crippen molar-refractivity contribution in [1.29, 1.82) is 0 Å². The molecule has 0 saturated carbocycles. The normalized spacial score (nSPS) is 23.8. The van der Waals surface area contributed by atoms with Crippen molar-refractivity contribution in [3.8, 4) is 0 Å². The number of ether oxygens (including phenoxy) is 1. The van der Waals surface area contributed by atoms with Crippen molar-refractivity contribution in [2.24, 2.45) is 11.8 Å². The molecule has 1 heterocycles. The summed E-state index contributed by atoms with van der Waals surface area (Å²) in [5, 5.41) is 11.8. The lowest BCUT2D eigenvalue weighted by Gasteiger charge is -2.26. The van der Waals surface area contributed by atoms with Gasteiger partial charge in [0, 0.05) is 13.6 Å². The van der Waals surface area contributed by atoms with Crippen LogP contribution in [0.3, 0.4) is 0 Å². The highest BCUT2D eigenvalue weighted by Gasteiger charge is 2.38. The first kappa shape index (κ1) is 13.8. The molecule has 6 heteroatoms. The molecule has 0 aromatic rings. The monoisotopic (exact) mass is 244 g/mol. The number of carboxylic acid groups (broad SMARTS) is 1. The first-order chi connectivity index (χ1) is 7.93. The summed E-state index contributed by atoms with van der Waals surface area (Å²) in [6.07, 6.45) is 0. The molecule has 2 unspecified atom stereocenters. The Morgan fingerprint density at radius 1 is 1.47 bits per heavy atom. The number of hydrogen-bond donors (Lipinski definition) is 2. The number of rotatable bonds is 4. The van der Waals surface area contributed by atoms with E-state index in [2.05, 4.69) is 5.32 Å². The molecule has 2 atom stereocenters. The highest BCUT2D eigenvalue weighted by Crippen LogP contribution is 2.18. The number of carbonyl (C=O) groups excluding carboxylic acids is 1. The van der Waals surface area contributed by atoms with E-state index in [1.165, 1.54) is 4.90 Å². The summed E-state index contributed by atoms with van der Waals surface area (Å²) in [6.45, 7) is 5.02. The van der Waals surface area contributed by atoms with Gasteiger partial charge in [-0.3, -0.25) is 4.79 Å². The molecule has 0 spiro atoms. The van der Waals surface area contributed by atoms with E-state index >= 15 is 0 Å². The fourth-order valence-electron chi connectivity index (χ4n) is 1.73. The SMILES string of the molecule is CC(C)CNC(=O)N(C)C1COCC1C(=O)O. The Balaban J connectivity index is 2.53. The number of nitrogens with zero attached hydrogens (tertiary/aromatic N) is 1. The Morgan fingerprint density at radius 2 is 2.12 bits per heavy atom. The number of amides is 2. The van der Waals surface area contributed by atoms with Gasteiger partial charge in [0.25, 0.3) is 0 Å². The predicted octanol–water partition coefficient (Wildman–Crippen LogP) is 0.383. The largest absolute Gasteiger partial charge is 0.481 e. The van der Waals surface area contributed by atoms with Gasteiger partial charge >= 0.3 is 12.0 Å². The van der Waals surface area contributed by atoms with Gasteiger partial charge in [0.15, 0.2) is 0 Å². The lowest BCUT2D eigenvalue weighted by atomic mass is 10.0. The Hall–Kier alpha value is -1.30. The van der Waals surface area contributed by atoms with Crippen molar-refractivity contribution >= 4 is 12.0 Å². The molecule has 0 aliphatic carbocycles. The van der Waals surface area contributed by atoms with Gasteiger partial charge in [-0.15, -0.1) is 0 Å². The van der Waals surface area contributed by atoms with Crippen molar-refractivity contribution in [3.05, 3.63) is 0 Å². The molecule has 0 bridgehead atoms. The predicted molar refractivity (Wildman–Crippen MR) is 61.7 cm³/mol. The van der Waals surface area contributed by atoms with Gasteiger partial charge < -0.3 is 20.1 Å². The zero-order valence-corrected chi connectivity index (χ0v) is 10.5. The summed E-state index contributed by atoms with van der Waals surface area (Å²) in [5.41, 5.74) is 0. The number of carboxylic acids is 1. The molecule has 2 amide bonds. The third kappa shape index (κ3) is 3.59. The quantitative estimate of drug-likeness (QED) is 0.749. The summed E-state index contributed by atoms with van der Waals surface area (Å²) >= 11 is 0. The molecule has 0 radical (unpaired) electrons. The summed E-state index contributed by atoms with van der Waals surface area (Å²) in [4.78, 5) is 24.2. The standard InChI is InChI=1S/C11H20N2O4/c1-7(2)4-12-11(16)13(3)9-6-17-5-8(9)10(14)15/h7-9H,4-6H2,1-3H3,(H,12,16)(H,14,15). The van der Waals surface area contributed by atoms with E-state index in [0.29, 0.717) is 12.5 Å². The summed E-state index contributed by atoms with van der Waals surface area (Å²) in [6, 6.07) is -0.639. The van der Waals surface area contributed by atoms with Crippen LogP contribution in [0.1, 0.15) is 13.8 Å². The molecule has 1 rings (SSSR count). The zero-order chi connectivity index (χ0) is 13.0. The maximum Gasteiger partial charge on any atom is 0.317 e. The molecule has 6 nitrogen and oxygen atoms in total. The average molecular weight is 244 g/mol. The van der Waals surface area contributed by atoms with Crippen LogP contribution in [0.15, 0.2) is 0 Å². The van der Waals surface area contributed by atoms with Crippen molar-refractivity contribution in [1.82, 2.24) is 10.2 Å². The highest BCUT2D eigenvalue weighted by atomic mass is 16.5. The third-order valence-corrected chi connectivity index (χ3v) is 2.85. The smallest absolute Gasteiger partial charge is 0.317 e. The fourth-order valence-corrected chi connectivity index (χ4v) is 1.73. The zero-order valence-electron chi connectivity index (χ0n) is 10.5. The van der Waals surface area contributed by atoms with E-state index in [0.717, 1.165) is 0 Å². The second-order valence-corrected chi connectivity index (χ2v) is 4.74. The van der Waals surface area contributed by atoms with Crippen LogP contribution in [0.5, 0.6) is 0 Å². The number of carbonyl (C=O) groups is 2. The third-order valence-electron chi connectivity index (χ3n) is 2.85. The number of nitrogens with one attached hydrogen (secondary N) is 1. The lowest BCUT2D eigenvalue weighted by molar-refractivity contribution is -0.142. The van der Waals surface area contributed by atoms with E-state index < -0.39 is 11.9 Å². The molecule has 98 valence electrons. The van der Waals surface area contributed by atoms with Crippen LogP contribution < -0.4 is 5.32 Å². The van der Waals surface area contributed by atoms with Gasteiger partial charge in [0.1, 0.15) is 5.92 Å². The second-order valence-electron chi connectivity index (χ2n) is 4.74. The fraction of sp³-hybridized carbons (Fsp3) is 0.818. The van der Waals surface area contributed by atoms with Crippen LogP contribution in [-0.2, 0) is 9.53 Å². The van der Waals surface area contributed by atoms with Crippen LogP contribution >= 0.6 is 0 Å². The maximum absolute atomic E-state index is 11.8. The van der Waals surface area contributed by atoms with Crippen LogP contribution in [-0.4, -0.2) is 54.9 Å². The molecule has 1 aliphatic rings. The topological polar surface area (TPSA) is 78.9 Å². The second kappa shape index (κ2) is 5.86. The minimum atomic E-state index is -0.920. The minimum Gasteiger partial charge on any atom is -0.481 e. The van der Waals surface area contributed by atoms with Crippen LogP contribution in [0.2, 0.25) is 0 Å². The minimum absolute atomic E-state index is 0.168.